The van der Waals surface area contributed by atoms with E-state index in [9.17, 15) is 9.59 Å². The molecule has 0 aliphatic carbocycles. The Morgan fingerprint density at radius 3 is 2.29 bits per heavy atom. The van der Waals surface area contributed by atoms with E-state index in [1.54, 1.807) is 12.1 Å². The van der Waals surface area contributed by atoms with Crippen LogP contribution in [-0.2, 0) is 13.1 Å². The van der Waals surface area contributed by atoms with Gasteiger partial charge in [0.05, 0.1) is 0 Å². The Morgan fingerprint density at radius 1 is 0.929 bits per heavy atom. The Labute approximate surface area is 170 Å². The second-order valence-corrected chi connectivity index (χ2v) is 7.40. The molecule has 2 aromatic carbocycles. The number of hydrogen-bond acceptors (Lipinski definition) is 3. The second kappa shape index (κ2) is 9.57. The molecule has 3 amide bonds. The second-order valence-electron chi connectivity index (χ2n) is 6.96. The summed E-state index contributed by atoms with van der Waals surface area (Å²) < 4.78 is 0. The number of hydrogen-bond donors (Lipinski definition) is 2. The van der Waals surface area contributed by atoms with Crippen LogP contribution >= 0.6 is 11.6 Å². The molecule has 3 rings (SSSR count). The Balaban J connectivity index is 1.54. The number of nitrogens with one attached hydrogen (secondary N) is 1. The first kappa shape index (κ1) is 20.2. The number of amides is 3. The third-order valence-corrected chi connectivity index (χ3v) is 5.11. The van der Waals surface area contributed by atoms with Crippen LogP contribution in [0.1, 0.15) is 27.9 Å². The Hall–Kier alpha value is -2.57. The van der Waals surface area contributed by atoms with Crippen molar-refractivity contribution in [3.8, 4) is 0 Å². The summed E-state index contributed by atoms with van der Waals surface area (Å²) in [7, 11) is 0. The molecule has 0 atom stereocenters. The maximum absolute atomic E-state index is 12.8. The number of halogens is 1. The average Bonchev–Trinajstić information content (AvgIpc) is 2.93. The van der Waals surface area contributed by atoms with E-state index in [4.69, 9.17) is 17.3 Å². The van der Waals surface area contributed by atoms with Crippen LogP contribution in [0.3, 0.4) is 0 Å². The summed E-state index contributed by atoms with van der Waals surface area (Å²) in [6, 6.07) is 14.6. The summed E-state index contributed by atoms with van der Waals surface area (Å²) in [5, 5.41) is 3.28. The third-order valence-electron chi connectivity index (χ3n) is 4.86. The van der Waals surface area contributed by atoms with Gasteiger partial charge in [-0.15, -0.1) is 0 Å². The van der Waals surface area contributed by atoms with E-state index in [-0.39, 0.29) is 5.91 Å². The molecule has 148 valence electrons. The summed E-state index contributed by atoms with van der Waals surface area (Å²) in [6.07, 6.45) is 0.944. The first-order valence-electron chi connectivity index (χ1n) is 9.39. The Bertz CT molecular complexity index is 808. The summed E-state index contributed by atoms with van der Waals surface area (Å²) in [6.45, 7) is 4.48. The number of carbonyl (C=O) groups excluding carboxylic acids is 2. The lowest BCUT2D eigenvalue weighted by Crippen LogP contribution is -2.35. The molecule has 0 spiro atoms. The number of rotatable bonds is 5. The van der Waals surface area contributed by atoms with Crippen molar-refractivity contribution in [1.82, 2.24) is 15.1 Å². The van der Waals surface area contributed by atoms with Crippen molar-refractivity contribution in [2.45, 2.75) is 19.5 Å². The zero-order valence-corrected chi connectivity index (χ0v) is 16.5. The van der Waals surface area contributed by atoms with Gasteiger partial charge in [-0.05, 0) is 41.8 Å². The Kier molecular flexibility index (Phi) is 6.90. The quantitative estimate of drug-likeness (QED) is 0.810. The van der Waals surface area contributed by atoms with E-state index < -0.39 is 6.03 Å². The lowest BCUT2D eigenvalue weighted by Gasteiger charge is -2.22. The number of benzene rings is 2. The van der Waals surface area contributed by atoms with Gasteiger partial charge in [-0.2, -0.15) is 0 Å². The smallest absolute Gasteiger partial charge is 0.312 e. The van der Waals surface area contributed by atoms with Crippen LogP contribution in [0, 0.1) is 0 Å². The van der Waals surface area contributed by atoms with Crippen molar-refractivity contribution in [2.75, 3.05) is 26.2 Å². The highest BCUT2D eigenvalue weighted by Crippen LogP contribution is 2.15. The zero-order valence-electron chi connectivity index (χ0n) is 15.7. The molecule has 0 radical (unpaired) electrons. The predicted octanol–water partition coefficient (Wildman–Crippen LogP) is 2.86. The fourth-order valence-corrected chi connectivity index (χ4v) is 3.44. The minimum absolute atomic E-state index is 0.0442. The van der Waals surface area contributed by atoms with Crippen molar-refractivity contribution >= 4 is 23.5 Å². The lowest BCUT2D eigenvalue weighted by atomic mass is 10.1. The van der Waals surface area contributed by atoms with Crippen LogP contribution in [0.4, 0.5) is 4.79 Å². The third kappa shape index (κ3) is 5.71. The van der Waals surface area contributed by atoms with Gasteiger partial charge in [-0.3, -0.25) is 9.69 Å². The number of carbonyl (C=O) groups is 2. The zero-order chi connectivity index (χ0) is 19.9. The van der Waals surface area contributed by atoms with Crippen LogP contribution in [0.15, 0.2) is 48.5 Å². The van der Waals surface area contributed by atoms with Gasteiger partial charge in [0.25, 0.3) is 5.91 Å². The highest BCUT2D eigenvalue weighted by atomic mass is 35.5. The molecule has 1 aliphatic heterocycles. The molecule has 0 saturated carbocycles. The summed E-state index contributed by atoms with van der Waals surface area (Å²) in [5.74, 6) is 0.0442. The number of nitrogens with two attached hydrogens (primary N) is 1. The maximum Gasteiger partial charge on any atom is 0.312 e. The van der Waals surface area contributed by atoms with Crippen molar-refractivity contribution in [3.05, 3.63) is 70.2 Å². The summed E-state index contributed by atoms with van der Waals surface area (Å²) >= 11 is 5.95. The average molecular weight is 401 g/mol. The maximum atomic E-state index is 12.8. The van der Waals surface area contributed by atoms with Crippen molar-refractivity contribution in [1.29, 1.82) is 0 Å². The number of nitrogens with zero attached hydrogens (tertiary/aromatic N) is 2. The van der Waals surface area contributed by atoms with Crippen LogP contribution < -0.4 is 11.1 Å². The van der Waals surface area contributed by atoms with Crippen LogP contribution in [-0.4, -0.2) is 47.9 Å². The Morgan fingerprint density at radius 2 is 1.61 bits per heavy atom. The van der Waals surface area contributed by atoms with Crippen LogP contribution in [0.5, 0.6) is 0 Å². The number of urea groups is 1. The molecule has 0 bridgehead atoms. The monoisotopic (exact) mass is 400 g/mol. The molecule has 1 saturated heterocycles. The van der Waals surface area contributed by atoms with E-state index in [1.165, 1.54) is 5.56 Å². The van der Waals surface area contributed by atoms with E-state index >= 15 is 0 Å². The standard InChI is InChI=1S/C21H25ClN4O2/c22-19-8-4-17(5-9-19)15-25-10-1-11-26(13-12-25)20(27)18-6-2-16(3-7-18)14-24-21(23)28/h2-9H,1,10-15H2,(H3,23,24,28). The number of primary amides is 1. The molecule has 7 heteroatoms. The topological polar surface area (TPSA) is 78.7 Å². The fraction of sp³-hybridized carbons (Fsp3) is 0.333. The van der Waals surface area contributed by atoms with Gasteiger partial charge in [0.15, 0.2) is 0 Å². The highest BCUT2D eigenvalue weighted by Gasteiger charge is 2.20. The van der Waals surface area contributed by atoms with Crippen molar-refractivity contribution in [2.24, 2.45) is 5.73 Å². The van der Waals surface area contributed by atoms with Gasteiger partial charge >= 0.3 is 6.03 Å². The molecule has 2 aromatic rings. The summed E-state index contributed by atoms with van der Waals surface area (Å²) in [4.78, 5) is 27.9. The molecule has 1 fully saturated rings. The summed E-state index contributed by atoms with van der Waals surface area (Å²) in [5.41, 5.74) is 7.87. The SMILES string of the molecule is NC(=O)NCc1ccc(C(=O)N2CCCN(Cc3ccc(Cl)cc3)CC2)cc1. The minimum Gasteiger partial charge on any atom is -0.352 e. The van der Waals surface area contributed by atoms with Crippen molar-refractivity contribution in [3.63, 3.8) is 0 Å². The largest absolute Gasteiger partial charge is 0.352 e. The van der Waals surface area contributed by atoms with Crippen LogP contribution in [0.25, 0.3) is 0 Å². The van der Waals surface area contributed by atoms with Gasteiger partial charge in [0.1, 0.15) is 0 Å². The van der Waals surface area contributed by atoms with Gasteiger partial charge in [-0.25, -0.2) is 4.79 Å². The molecule has 0 aromatic heterocycles. The predicted molar refractivity (Wildman–Crippen MR) is 110 cm³/mol. The highest BCUT2D eigenvalue weighted by molar-refractivity contribution is 6.30. The first-order chi connectivity index (χ1) is 13.5. The molecule has 28 heavy (non-hydrogen) atoms. The molecular formula is C21H25ClN4O2. The van der Waals surface area contributed by atoms with Gasteiger partial charge in [-0.1, -0.05) is 35.9 Å². The molecule has 3 N–H and O–H groups in total. The minimum atomic E-state index is -0.562. The normalized spacial score (nSPS) is 15.1. The van der Waals surface area contributed by atoms with Gasteiger partial charge < -0.3 is 16.0 Å². The molecule has 1 heterocycles. The molecule has 1 aliphatic rings. The van der Waals surface area contributed by atoms with E-state index in [2.05, 4.69) is 10.2 Å². The van der Waals surface area contributed by atoms with Gasteiger partial charge in [0.2, 0.25) is 0 Å². The van der Waals surface area contributed by atoms with E-state index in [0.717, 1.165) is 43.2 Å². The molecule has 0 unspecified atom stereocenters. The van der Waals surface area contributed by atoms with Gasteiger partial charge in [0, 0.05) is 49.9 Å². The van der Waals surface area contributed by atoms with Crippen LogP contribution in [0.2, 0.25) is 5.02 Å². The van der Waals surface area contributed by atoms with E-state index in [0.29, 0.717) is 18.7 Å². The van der Waals surface area contributed by atoms with Crippen molar-refractivity contribution < 1.29 is 9.59 Å². The molecule has 6 nitrogen and oxygen atoms in total. The van der Waals surface area contributed by atoms with E-state index in [1.807, 2.05) is 41.3 Å². The fourth-order valence-electron chi connectivity index (χ4n) is 3.32. The molecular weight excluding hydrogens is 376 g/mol. The first-order valence-corrected chi connectivity index (χ1v) is 9.77. The lowest BCUT2D eigenvalue weighted by molar-refractivity contribution is 0.0761.